The van der Waals surface area contributed by atoms with Crippen molar-refractivity contribution in [3.63, 3.8) is 0 Å². The number of nitrogens with one attached hydrogen (secondary N) is 1. The van der Waals surface area contributed by atoms with Gasteiger partial charge in [0.2, 0.25) is 0 Å². The molecular weight excluding hydrogens is 488 g/mol. The standard InChI is InChI=1S/C23H16Cl2FN3O3S/c1-9-10(2)21(27-11(3)17(9)14-6-7-16(24)28-19(14)23(31)32)29-22(30)20-18(25)13-5-4-12(26)8-15(13)33-20/h4-8H,1-3H3,(H,31,32)(H,27,29,30). The molecule has 1 amide bonds. The number of pyridine rings is 2. The predicted octanol–water partition coefficient (Wildman–Crippen LogP) is 6.68. The Kier molecular flexibility index (Phi) is 6.09. The molecule has 3 aromatic heterocycles. The molecule has 2 N–H and O–H groups in total. The monoisotopic (exact) mass is 503 g/mol. The SMILES string of the molecule is Cc1nc(NC(=O)c2sc3cc(F)ccc3c2Cl)c(C)c(C)c1-c1ccc(Cl)nc1C(=O)O. The van der Waals surface area contributed by atoms with Crippen LogP contribution in [0.1, 0.15) is 37.0 Å². The van der Waals surface area contributed by atoms with Crippen LogP contribution in [0.25, 0.3) is 21.2 Å². The number of hydrogen-bond acceptors (Lipinski definition) is 5. The van der Waals surface area contributed by atoms with Crippen LogP contribution in [0.2, 0.25) is 10.2 Å². The number of fused-ring (bicyclic) bond motifs is 1. The van der Waals surface area contributed by atoms with E-state index in [9.17, 15) is 19.1 Å². The van der Waals surface area contributed by atoms with E-state index in [4.69, 9.17) is 23.2 Å². The summed E-state index contributed by atoms with van der Waals surface area (Å²) in [5.41, 5.74) is 2.68. The highest BCUT2D eigenvalue weighted by Gasteiger charge is 2.23. The maximum absolute atomic E-state index is 13.5. The lowest BCUT2D eigenvalue weighted by atomic mass is 9.95. The second-order valence-electron chi connectivity index (χ2n) is 7.35. The van der Waals surface area contributed by atoms with Crippen LogP contribution in [0.4, 0.5) is 10.2 Å². The van der Waals surface area contributed by atoms with Crippen molar-refractivity contribution in [1.82, 2.24) is 9.97 Å². The van der Waals surface area contributed by atoms with E-state index >= 15 is 0 Å². The Hall–Kier alpha value is -3.07. The number of aryl methyl sites for hydroxylation is 1. The second kappa shape index (κ2) is 8.70. The Labute approximate surface area is 202 Å². The minimum absolute atomic E-state index is 0.0696. The van der Waals surface area contributed by atoms with Crippen LogP contribution in [0.3, 0.4) is 0 Å². The van der Waals surface area contributed by atoms with Crippen molar-refractivity contribution in [1.29, 1.82) is 0 Å². The minimum Gasteiger partial charge on any atom is -0.476 e. The van der Waals surface area contributed by atoms with E-state index in [0.717, 1.165) is 16.9 Å². The van der Waals surface area contributed by atoms with Crippen molar-refractivity contribution in [2.45, 2.75) is 20.8 Å². The molecule has 33 heavy (non-hydrogen) atoms. The van der Waals surface area contributed by atoms with Crippen molar-refractivity contribution < 1.29 is 19.1 Å². The third-order valence-electron chi connectivity index (χ3n) is 5.30. The molecule has 0 bridgehead atoms. The van der Waals surface area contributed by atoms with E-state index < -0.39 is 17.7 Å². The number of amides is 1. The van der Waals surface area contributed by atoms with Gasteiger partial charge in [0.1, 0.15) is 21.7 Å². The summed E-state index contributed by atoms with van der Waals surface area (Å²) in [5.74, 6) is -1.78. The molecule has 10 heteroatoms. The predicted molar refractivity (Wildman–Crippen MR) is 128 cm³/mol. The molecule has 168 valence electrons. The van der Waals surface area contributed by atoms with Crippen molar-refractivity contribution in [2.24, 2.45) is 0 Å². The minimum atomic E-state index is -1.21. The number of carboxylic acid groups (broad SMARTS) is 1. The largest absolute Gasteiger partial charge is 0.476 e. The van der Waals surface area contributed by atoms with Crippen molar-refractivity contribution in [3.8, 4) is 11.1 Å². The Balaban J connectivity index is 1.75. The summed E-state index contributed by atoms with van der Waals surface area (Å²) in [7, 11) is 0. The van der Waals surface area contributed by atoms with Gasteiger partial charge in [0.05, 0.1) is 5.02 Å². The Bertz CT molecular complexity index is 1470. The van der Waals surface area contributed by atoms with Crippen LogP contribution in [-0.4, -0.2) is 27.0 Å². The van der Waals surface area contributed by atoms with E-state index in [2.05, 4.69) is 15.3 Å². The molecule has 4 aromatic rings. The van der Waals surface area contributed by atoms with Gasteiger partial charge in [0, 0.05) is 26.9 Å². The van der Waals surface area contributed by atoms with E-state index in [-0.39, 0.29) is 20.7 Å². The summed E-state index contributed by atoms with van der Waals surface area (Å²) < 4.78 is 14.1. The quantitative estimate of drug-likeness (QED) is 0.303. The van der Waals surface area contributed by atoms with Crippen LogP contribution >= 0.6 is 34.5 Å². The van der Waals surface area contributed by atoms with Gasteiger partial charge in [0.25, 0.3) is 5.91 Å². The smallest absolute Gasteiger partial charge is 0.355 e. The molecule has 6 nitrogen and oxygen atoms in total. The fourth-order valence-electron chi connectivity index (χ4n) is 3.61. The highest BCUT2D eigenvalue weighted by Crippen LogP contribution is 2.37. The number of hydrogen-bond donors (Lipinski definition) is 2. The highest BCUT2D eigenvalue weighted by molar-refractivity contribution is 7.21. The zero-order chi connectivity index (χ0) is 24.0. The van der Waals surface area contributed by atoms with E-state index in [1.165, 1.54) is 24.3 Å². The molecule has 0 aliphatic carbocycles. The molecule has 0 aliphatic rings. The van der Waals surface area contributed by atoms with Gasteiger partial charge in [-0.1, -0.05) is 23.2 Å². The third kappa shape index (κ3) is 4.17. The van der Waals surface area contributed by atoms with Gasteiger partial charge in [0.15, 0.2) is 5.69 Å². The van der Waals surface area contributed by atoms with Gasteiger partial charge >= 0.3 is 5.97 Å². The van der Waals surface area contributed by atoms with Gasteiger partial charge in [-0.2, -0.15) is 0 Å². The Morgan fingerprint density at radius 1 is 1.06 bits per heavy atom. The van der Waals surface area contributed by atoms with Gasteiger partial charge in [-0.15, -0.1) is 11.3 Å². The van der Waals surface area contributed by atoms with E-state index in [0.29, 0.717) is 38.3 Å². The number of carbonyl (C=O) groups is 2. The number of thiophene rings is 1. The maximum Gasteiger partial charge on any atom is 0.355 e. The third-order valence-corrected chi connectivity index (χ3v) is 7.16. The van der Waals surface area contributed by atoms with E-state index in [1.807, 2.05) is 6.92 Å². The number of halogens is 3. The molecule has 1 aromatic carbocycles. The number of benzene rings is 1. The van der Waals surface area contributed by atoms with Gasteiger partial charge < -0.3 is 10.4 Å². The van der Waals surface area contributed by atoms with Crippen LogP contribution in [0, 0.1) is 26.6 Å². The number of carboxylic acids is 1. The molecule has 0 spiro atoms. The van der Waals surface area contributed by atoms with Crippen LogP contribution in [-0.2, 0) is 0 Å². The first-order chi connectivity index (χ1) is 15.6. The summed E-state index contributed by atoms with van der Waals surface area (Å²) in [6.45, 7) is 5.30. The molecule has 0 atom stereocenters. The van der Waals surface area contributed by atoms with Crippen LogP contribution in [0.15, 0.2) is 30.3 Å². The van der Waals surface area contributed by atoms with Gasteiger partial charge in [-0.25, -0.2) is 19.2 Å². The summed E-state index contributed by atoms with van der Waals surface area (Å²) >= 11 is 13.3. The lowest BCUT2D eigenvalue weighted by Gasteiger charge is -2.17. The maximum atomic E-state index is 13.5. The average molecular weight is 504 g/mol. The average Bonchev–Trinajstić information content (AvgIpc) is 3.08. The van der Waals surface area contributed by atoms with Crippen LogP contribution < -0.4 is 5.32 Å². The molecule has 0 aliphatic heterocycles. The fourth-order valence-corrected chi connectivity index (χ4v) is 5.20. The Morgan fingerprint density at radius 3 is 2.48 bits per heavy atom. The van der Waals surface area contributed by atoms with Crippen molar-refractivity contribution in [2.75, 3.05) is 5.32 Å². The van der Waals surface area contributed by atoms with Crippen molar-refractivity contribution >= 4 is 62.3 Å². The first-order valence-corrected chi connectivity index (χ1v) is 11.2. The zero-order valence-corrected chi connectivity index (χ0v) is 19.9. The summed E-state index contributed by atoms with van der Waals surface area (Å²) in [5, 5.41) is 13.3. The molecule has 0 fully saturated rings. The number of rotatable bonds is 4. The molecule has 0 unspecified atom stereocenters. The molecule has 0 saturated carbocycles. The van der Waals surface area contributed by atoms with Crippen molar-refractivity contribution in [3.05, 3.63) is 73.7 Å². The Morgan fingerprint density at radius 2 is 1.79 bits per heavy atom. The van der Waals surface area contributed by atoms with Gasteiger partial charge in [-0.05, 0) is 62.2 Å². The number of anilines is 1. The number of aromatic nitrogens is 2. The number of aromatic carboxylic acids is 1. The zero-order valence-electron chi connectivity index (χ0n) is 17.6. The first kappa shape index (κ1) is 23.1. The molecular formula is C23H16Cl2FN3O3S. The lowest BCUT2D eigenvalue weighted by Crippen LogP contribution is -2.15. The number of nitrogens with zero attached hydrogens (tertiary/aromatic N) is 2. The van der Waals surface area contributed by atoms with Gasteiger partial charge in [-0.3, -0.25) is 4.79 Å². The van der Waals surface area contributed by atoms with E-state index in [1.54, 1.807) is 19.9 Å². The molecule has 0 saturated heterocycles. The van der Waals surface area contributed by atoms with Crippen LogP contribution in [0.5, 0.6) is 0 Å². The second-order valence-corrected chi connectivity index (χ2v) is 9.16. The highest BCUT2D eigenvalue weighted by atomic mass is 35.5. The molecule has 4 rings (SSSR count). The summed E-state index contributed by atoms with van der Waals surface area (Å²) in [4.78, 5) is 33.4. The summed E-state index contributed by atoms with van der Waals surface area (Å²) in [6.07, 6.45) is 0. The molecule has 0 radical (unpaired) electrons. The fraction of sp³-hybridized carbons (Fsp3) is 0.130. The first-order valence-electron chi connectivity index (χ1n) is 9.65. The molecule has 3 heterocycles. The lowest BCUT2D eigenvalue weighted by molar-refractivity contribution is 0.0691. The number of carbonyl (C=O) groups excluding carboxylic acids is 1. The topological polar surface area (TPSA) is 92.2 Å². The normalized spacial score (nSPS) is 11.1. The summed E-state index contributed by atoms with van der Waals surface area (Å²) in [6, 6.07) is 7.25.